The molecule has 4 rings (SSSR count). The van der Waals surface area contributed by atoms with Crippen LogP contribution in [0.3, 0.4) is 0 Å². The van der Waals surface area contributed by atoms with Crippen LogP contribution < -0.4 is 10.6 Å². The van der Waals surface area contributed by atoms with Crippen molar-refractivity contribution in [2.24, 2.45) is 0 Å². The fourth-order valence-electron chi connectivity index (χ4n) is 3.75. The van der Waals surface area contributed by atoms with E-state index in [-0.39, 0.29) is 17.2 Å². The van der Waals surface area contributed by atoms with Crippen molar-refractivity contribution in [3.05, 3.63) is 59.0 Å². The Bertz CT molecular complexity index is 1330. The Hall–Kier alpha value is -3.05. The second-order valence-electron chi connectivity index (χ2n) is 8.58. The number of nitrogens with one attached hydrogen (secondary N) is 2. The summed E-state index contributed by atoms with van der Waals surface area (Å²) < 4.78 is 26.2. The largest absolute Gasteiger partial charge is 0.342 e. The summed E-state index contributed by atoms with van der Waals surface area (Å²) in [5, 5.41) is 5.67. The highest BCUT2D eigenvalue weighted by Crippen LogP contribution is 2.30. The predicted molar refractivity (Wildman–Crippen MR) is 139 cm³/mol. The number of anilines is 4. The van der Waals surface area contributed by atoms with Gasteiger partial charge in [-0.15, -0.1) is 0 Å². The van der Waals surface area contributed by atoms with Gasteiger partial charge in [-0.3, -0.25) is 9.78 Å². The number of sulfone groups is 1. The molecule has 0 aliphatic carbocycles. The standard InChI is InChI=1S/C24H27BrN6O3S/c1-16(2)35(33,34)21-8-4-3-7-20(21)29-23-19(25)15-27-24(30-23)28-18-11-17(13-26-14-18)12-22(32)31-9-5-6-10-31/h3-4,7-8,11,13-16H,5-6,9-10,12H2,1-2H3,(H2,27,28,29,30). The van der Waals surface area contributed by atoms with Gasteiger partial charge in [0, 0.05) is 25.5 Å². The van der Waals surface area contributed by atoms with Crippen molar-refractivity contribution in [1.29, 1.82) is 0 Å². The third-order valence-corrected chi connectivity index (χ3v) is 8.47. The van der Waals surface area contributed by atoms with Gasteiger partial charge in [-0.25, -0.2) is 13.4 Å². The Kier molecular flexibility index (Phi) is 7.66. The SMILES string of the molecule is CC(C)S(=O)(=O)c1ccccc1Nc1nc(Nc2cncc(CC(=O)N3CCCC3)c2)ncc1Br. The zero-order chi connectivity index (χ0) is 25.0. The van der Waals surface area contributed by atoms with Crippen molar-refractivity contribution in [1.82, 2.24) is 19.9 Å². The van der Waals surface area contributed by atoms with Gasteiger partial charge in [0.15, 0.2) is 9.84 Å². The van der Waals surface area contributed by atoms with Gasteiger partial charge >= 0.3 is 0 Å². The van der Waals surface area contributed by atoms with Crippen LogP contribution in [0.25, 0.3) is 0 Å². The molecule has 0 saturated carbocycles. The molecular formula is C24H27BrN6O3S. The van der Waals surface area contributed by atoms with Gasteiger partial charge in [0.25, 0.3) is 0 Å². The number of hydrogen-bond donors (Lipinski definition) is 2. The summed E-state index contributed by atoms with van der Waals surface area (Å²) in [6.45, 7) is 4.92. The molecule has 11 heteroatoms. The molecule has 184 valence electrons. The molecule has 0 bridgehead atoms. The summed E-state index contributed by atoms with van der Waals surface area (Å²) in [6, 6.07) is 8.58. The summed E-state index contributed by atoms with van der Waals surface area (Å²) in [6.07, 6.45) is 7.28. The predicted octanol–water partition coefficient (Wildman–Crippen LogP) is 4.47. The average molecular weight is 559 g/mol. The van der Waals surface area contributed by atoms with Crippen LogP contribution in [0.4, 0.5) is 23.1 Å². The first-order valence-electron chi connectivity index (χ1n) is 11.4. The van der Waals surface area contributed by atoms with Crippen LogP contribution in [0.1, 0.15) is 32.3 Å². The topological polar surface area (TPSA) is 117 Å². The normalized spacial score (nSPS) is 13.8. The molecule has 3 heterocycles. The number of nitrogens with zero attached hydrogens (tertiary/aromatic N) is 4. The van der Waals surface area contributed by atoms with E-state index in [1.165, 1.54) is 0 Å². The van der Waals surface area contributed by atoms with Gasteiger partial charge in [-0.2, -0.15) is 4.98 Å². The number of aromatic nitrogens is 3. The van der Waals surface area contributed by atoms with E-state index in [0.717, 1.165) is 31.5 Å². The lowest BCUT2D eigenvalue weighted by Crippen LogP contribution is -2.29. The number of carbonyl (C=O) groups excluding carboxylic acids is 1. The van der Waals surface area contributed by atoms with Gasteiger partial charge in [0.1, 0.15) is 5.82 Å². The van der Waals surface area contributed by atoms with Crippen LogP contribution in [0, 0.1) is 0 Å². The van der Waals surface area contributed by atoms with Crippen molar-refractivity contribution in [2.45, 2.75) is 43.3 Å². The number of rotatable bonds is 8. The highest BCUT2D eigenvalue weighted by molar-refractivity contribution is 9.10. The number of pyridine rings is 1. The smallest absolute Gasteiger partial charge is 0.229 e. The fourth-order valence-corrected chi connectivity index (χ4v) is 5.24. The Labute approximate surface area is 213 Å². The number of para-hydroxylation sites is 1. The van der Waals surface area contributed by atoms with Crippen molar-refractivity contribution in [2.75, 3.05) is 23.7 Å². The second-order valence-corrected chi connectivity index (χ2v) is 11.9. The fraction of sp³-hybridized carbons (Fsp3) is 0.333. The quantitative estimate of drug-likeness (QED) is 0.415. The van der Waals surface area contributed by atoms with Gasteiger partial charge in [-0.05, 0) is 66.4 Å². The van der Waals surface area contributed by atoms with E-state index in [4.69, 9.17) is 0 Å². The van der Waals surface area contributed by atoms with Crippen LogP contribution in [-0.4, -0.2) is 52.5 Å². The highest BCUT2D eigenvalue weighted by atomic mass is 79.9. The van der Waals surface area contributed by atoms with Crippen LogP contribution in [0.5, 0.6) is 0 Å². The van der Waals surface area contributed by atoms with Crippen molar-refractivity contribution >= 4 is 54.8 Å². The van der Waals surface area contributed by atoms with Gasteiger partial charge in [0.05, 0.1) is 38.6 Å². The van der Waals surface area contributed by atoms with Crippen molar-refractivity contribution < 1.29 is 13.2 Å². The van der Waals surface area contributed by atoms with Gasteiger partial charge in [-0.1, -0.05) is 12.1 Å². The monoisotopic (exact) mass is 558 g/mol. The van der Waals surface area contributed by atoms with E-state index in [1.807, 2.05) is 11.0 Å². The molecule has 1 aliphatic rings. The van der Waals surface area contributed by atoms with Gasteiger partial charge in [0.2, 0.25) is 11.9 Å². The minimum Gasteiger partial charge on any atom is -0.342 e. The van der Waals surface area contributed by atoms with E-state index < -0.39 is 15.1 Å². The van der Waals surface area contributed by atoms with E-state index in [0.29, 0.717) is 27.6 Å². The molecule has 2 N–H and O–H groups in total. The summed E-state index contributed by atoms with van der Waals surface area (Å²) in [5.41, 5.74) is 1.87. The van der Waals surface area contributed by atoms with E-state index >= 15 is 0 Å². The van der Waals surface area contributed by atoms with Crippen molar-refractivity contribution in [3.63, 3.8) is 0 Å². The van der Waals surface area contributed by atoms with E-state index in [9.17, 15) is 13.2 Å². The second kappa shape index (κ2) is 10.7. The molecular weight excluding hydrogens is 532 g/mol. The lowest BCUT2D eigenvalue weighted by molar-refractivity contribution is -0.129. The molecule has 9 nitrogen and oxygen atoms in total. The Morgan fingerprint density at radius 2 is 1.86 bits per heavy atom. The summed E-state index contributed by atoms with van der Waals surface area (Å²) >= 11 is 3.43. The molecule has 1 saturated heterocycles. The molecule has 0 atom stereocenters. The van der Waals surface area contributed by atoms with E-state index in [2.05, 4.69) is 41.5 Å². The number of benzene rings is 1. The number of carbonyl (C=O) groups is 1. The molecule has 35 heavy (non-hydrogen) atoms. The van der Waals surface area contributed by atoms with E-state index in [1.54, 1.807) is 56.7 Å². The Morgan fingerprint density at radius 3 is 2.60 bits per heavy atom. The first kappa shape index (κ1) is 25.1. The van der Waals surface area contributed by atoms with Gasteiger partial charge < -0.3 is 15.5 Å². The maximum absolute atomic E-state index is 12.8. The first-order chi connectivity index (χ1) is 16.7. The highest BCUT2D eigenvalue weighted by Gasteiger charge is 2.23. The summed E-state index contributed by atoms with van der Waals surface area (Å²) in [5.74, 6) is 0.801. The maximum Gasteiger partial charge on any atom is 0.229 e. The van der Waals surface area contributed by atoms with Crippen LogP contribution in [0.15, 0.2) is 58.3 Å². The Balaban J connectivity index is 1.53. The third-order valence-electron chi connectivity index (χ3n) is 5.68. The number of halogens is 1. The van der Waals surface area contributed by atoms with Crippen molar-refractivity contribution in [3.8, 4) is 0 Å². The zero-order valence-electron chi connectivity index (χ0n) is 19.5. The maximum atomic E-state index is 12.8. The molecule has 1 aliphatic heterocycles. The Morgan fingerprint density at radius 1 is 1.11 bits per heavy atom. The minimum atomic E-state index is -3.50. The average Bonchev–Trinajstić information content (AvgIpc) is 3.37. The summed E-state index contributed by atoms with van der Waals surface area (Å²) in [7, 11) is -3.50. The minimum absolute atomic E-state index is 0.0999. The number of hydrogen-bond acceptors (Lipinski definition) is 8. The molecule has 2 aromatic heterocycles. The van der Waals surface area contributed by atoms with Crippen LogP contribution >= 0.6 is 15.9 Å². The first-order valence-corrected chi connectivity index (χ1v) is 13.7. The molecule has 0 spiro atoms. The summed E-state index contributed by atoms with van der Waals surface area (Å²) in [4.78, 5) is 27.6. The van der Waals surface area contributed by atoms with Crippen LogP contribution in [-0.2, 0) is 21.1 Å². The zero-order valence-corrected chi connectivity index (χ0v) is 21.9. The number of amides is 1. The number of likely N-dealkylation sites (tertiary alicyclic amines) is 1. The van der Waals surface area contributed by atoms with Crippen LogP contribution in [0.2, 0.25) is 0 Å². The lowest BCUT2D eigenvalue weighted by atomic mass is 10.2. The molecule has 0 unspecified atom stereocenters. The molecule has 0 radical (unpaired) electrons. The lowest BCUT2D eigenvalue weighted by Gasteiger charge is -2.16. The molecule has 1 aromatic carbocycles. The third kappa shape index (κ3) is 5.96. The molecule has 3 aromatic rings. The molecule has 1 fully saturated rings. The molecule has 1 amide bonds.